The Morgan fingerprint density at radius 2 is 1.81 bits per heavy atom. The zero-order chi connectivity index (χ0) is 11.9. The quantitative estimate of drug-likeness (QED) is 0.682. The average Bonchev–Trinajstić information content (AvgIpc) is 2.40. The number of aliphatic hydroxyl groups excluding tert-OH is 1. The van der Waals surface area contributed by atoms with Crippen LogP contribution in [0.15, 0.2) is 0 Å². The van der Waals surface area contributed by atoms with Crippen LogP contribution in [0.2, 0.25) is 0 Å². The molecule has 0 amide bonds. The summed E-state index contributed by atoms with van der Waals surface area (Å²) < 4.78 is 0. The zero-order valence-electron chi connectivity index (χ0n) is 10.6. The van der Waals surface area contributed by atoms with Crippen molar-refractivity contribution >= 4 is 0 Å². The van der Waals surface area contributed by atoms with Gasteiger partial charge in [-0.15, -0.1) is 0 Å². The summed E-state index contributed by atoms with van der Waals surface area (Å²) in [4.78, 5) is 2.47. The van der Waals surface area contributed by atoms with Gasteiger partial charge in [0.2, 0.25) is 0 Å². The van der Waals surface area contributed by atoms with E-state index in [9.17, 15) is 5.11 Å². The molecular weight excluding hydrogens is 202 g/mol. The molecule has 0 aromatic rings. The molecule has 0 bridgehead atoms. The highest BCUT2D eigenvalue weighted by molar-refractivity contribution is 4.78. The van der Waals surface area contributed by atoms with Gasteiger partial charge in [0.1, 0.15) is 0 Å². The molecule has 96 valence electrons. The second-order valence-electron chi connectivity index (χ2n) is 5.33. The largest absolute Gasteiger partial charge is 0.396 e. The summed E-state index contributed by atoms with van der Waals surface area (Å²) in [6.07, 6.45) is 7.48. The van der Waals surface area contributed by atoms with Crippen LogP contribution in [0.3, 0.4) is 0 Å². The molecule has 0 aromatic heterocycles. The van der Waals surface area contributed by atoms with Gasteiger partial charge in [0.25, 0.3) is 0 Å². The number of nitrogens with zero attached hydrogens (tertiary/aromatic N) is 1. The lowest BCUT2D eigenvalue weighted by Crippen LogP contribution is -2.29. The van der Waals surface area contributed by atoms with Crippen molar-refractivity contribution in [3.05, 3.63) is 0 Å². The summed E-state index contributed by atoms with van der Waals surface area (Å²) in [6, 6.07) is 0. The van der Waals surface area contributed by atoms with Crippen LogP contribution >= 0.6 is 0 Å². The first kappa shape index (κ1) is 13.9. The van der Waals surface area contributed by atoms with Crippen molar-refractivity contribution in [3.63, 3.8) is 0 Å². The maximum Gasteiger partial charge on any atom is 0.0632 e. The highest BCUT2D eigenvalue weighted by Crippen LogP contribution is 2.21. The SMILES string of the molecule is CC1(O)CCCN(CCCCCCO)CC1. The zero-order valence-corrected chi connectivity index (χ0v) is 10.6. The third kappa shape index (κ3) is 5.83. The molecular formula is C13H27NO2. The van der Waals surface area contributed by atoms with Crippen LogP contribution in [0.5, 0.6) is 0 Å². The van der Waals surface area contributed by atoms with Gasteiger partial charge in [-0.05, 0) is 52.1 Å². The number of aliphatic hydroxyl groups is 2. The fourth-order valence-electron chi connectivity index (χ4n) is 2.34. The Balaban J connectivity index is 2.08. The van der Waals surface area contributed by atoms with Crippen molar-refractivity contribution in [1.82, 2.24) is 4.90 Å². The average molecular weight is 229 g/mol. The van der Waals surface area contributed by atoms with E-state index in [-0.39, 0.29) is 0 Å². The van der Waals surface area contributed by atoms with Gasteiger partial charge in [-0.2, -0.15) is 0 Å². The summed E-state index contributed by atoms with van der Waals surface area (Å²) in [7, 11) is 0. The summed E-state index contributed by atoms with van der Waals surface area (Å²) in [6.45, 7) is 5.61. The van der Waals surface area contributed by atoms with Crippen molar-refractivity contribution in [1.29, 1.82) is 0 Å². The van der Waals surface area contributed by atoms with Gasteiger partial charge in [0.15, 0.2) is 0 Å². The Morgan fingerprint density at radius 3 is 2.56 bits per heavy atom. The Kier molecular flexibility index (Phi) is 6.32. The summed E-state index contributed by atoms with van der Waals surface area (Å²) >= 11 is 0. The fourth-order valence-corrected chi connectivity index (χ4v) is 2.34. The van der Waals surface area contributed by atoms with Crippen molar-refractivity contribution in [2.75, 3.05) is 26.2 Å². The minimum atomic E-state index is -0.439. The van der Waals surface area contributed by atoms with Crippen molar-refractivity contribution < 1.29 is 10.2 Å². The molecule has 0 aliphatic carbocycles. The molecule has 1 unspecified atom stereocenters. The van der Waals surface area contributed by atoms with Crippen molar-refractivity contribution in [2.45, 2.75) is 57.5 Å². The molecule has 1 heterocycles. The Morgan fingerprint density at radius 1 is 1.06 bits per heavy atom. The van der Waals surface area contributed by atoms with Gasteiger partial charge in [-0.1, -0.05) is 12.8 Å². The number of hydrogen-bond donors (Lipinski definition) is 2. The van der Waals surface area contributed by atoms with Gasteiger partial charge in [0, 0.05) is 13.2 Å². The summed E-state index contributed by atoms with van der Waals surface area (Å²) in [5.74, 6) is 0. The molecule has 3 nitrogen and oxygen atoms in total. The molecule has 1 saturated heterocycles. The van der Waals surface area contributed by atoms with Crippen LogP contribution < -0.4 is 0 Å². The lowest BCUT2D eigenvalue weighted by molar-refractivity contribution is 0.0446. The normalized spacial score (nSPS) is 27.9. The molecule has 1 aliphatic rings. The lowest BCUT2D eigenvalue weighted by atomic mass is 9.98. The van der Waals surface area contributed by atoms with Gasteiger partial charge in [0.05, 0.1) is 5.60 Å². The second kappa shape index (κ2) is 7.25. The van der Waals surface area contributed by atoms with E-state index < -0.39 is 5.60 Å². The lowest BCUT2D eigenvalue weighted by Gasteiger charge is -2.22. The third-order valence-electron chi connectivity index (χ3n) is 3.54. The van der Waals surface area contributed by atoms with E-state index in [1.165, 1.54) is 12.8 Å². The summed E-state index contributed by atoms with van der Waals surface area (Å²) in [5, 5.41) is 18.6. The maximum atomic E-state index is 9.96. The van der Waals surface area contributed by atoms with E-state index in [0.29, 0.717) is 6.61 Å². The third-order valence-corrected chi connectivity index (χ3v) is 3.54. The van der Waals surface area contributed by atoms with Crippen molar-refractivity contribution in [2.24, 2.45) is 0 Å². The molecule has 0 radical (unpaired) electrons. The van der Waals surface area contributed by atoms with Crippen molar-refractivity contribution in [3.8, 4) is 0 Å². The minimum Gasteiger partial charge on any atom is -0.396 e. The Bertz CT molecular complexity index is 183. The van der Waals surface area contributed by atoms with E-state index in [1.54, 1.807) is 0 Å². The molecule has 3 heteroatoms. The molecule has 0 saturated carbocycles. The van der Waals surface area contributed by atoms with Gasteiger partial charge in [-0.25, -0.2) is 0 Å². The van der Waals surface area contributed by atoms with Crippen LogP contribution in [0.4, 0.5) is 0 Å². The Hall–Kier alpha value is -0.120. The Labute approximate surface area is 99.5 Å². The minimum absolute atomic E-state index is 0.326. The predicted octanol–water partition coefficient (Wildman–Crippen LogP) is 1.78. The van der Waals surface area contributed by atoms with Gasteiger partial charge in [-0.3, -0.25) is 0 Å². The monoisotopic (exact) mass is 229 g/mol. The van der Waals surface area contributed by atoms with E-state index in [1.807, 2.05) is 6.92 Å². The molecule has 0 spiro atoms. The van der Waals surface area contributed by atoms with Gasteiger partial charge < -0.3 is 15.1 Å². The first-order valence-corrected chi connectivity index (χ1v) is 6.70. The number of hydrogen-bond acceptors (Lipinski definition) is 3. The highest BCUT2D eigenvalue weighted by Gasteiger charge is 2.24. The predicted molar refractivity (Wildman–Crippen MR) is 66.5 cm³/mol. The smallest absolute Gasteiger partial charge is 0.0632 e. The van der Waals surface area contributed by atoms with E-state index in [4.69, 9.17) is 5.11 Å². The topological polar surface area (TPSA) is 43.7 Å². The maximum absolute atomic E-state index is 9.96. The van der Waals surface area contributed by atoms with Crippen LogP contribution in [-0.2, 0) is 0 Å². The van der Waals surface area contributed by atoms with Gasteiger partial charge >= 0.3 is 0 Å². The van der Waals surface area contributed by atoms with Crippen LogP contribution in [0.1, 0.15) is 51.9 Å². The molecule has 1 atom stereocenters. The number of rotatable bonds is 6. The molecule has 2 N–H and O–H groups in total. The van der Waals surface area contributed by atoms with Crippen LogP contribution in [0, 0.1) is 0 Å². The molecule has 1 rings (SSSR count). The number of likely N-dealkylation sites (tertiary alicyclic amines) is 1. The van der Waals surface area contributed by atoms with Crippen LogP contribution in [0.25, 0.3) is 0 Å². The standard InChI is InChI=1S/C13H27NO2/c1-13(16)7-6-10-14(11-8-13)9-4-2-3-5-12-15/h15-16H,2-12H2,1H3. The first-order chi connectivity index (χ1) is 7.64. The first-order valence-electron chi connectivity index (χ1n) is 6.70. The van der Waals surface area contributed by atoms with E-state index in [0.717, 1.165) is 51.7 Å². The second-order valence-corrected chi connectivity index (χ2v) is 5.33. The van der Waals surface area contributed by atoms with E-state index in [2.05, 4.69) is 4.90 Å². The summed E-state index contributed by atoms with van der Waals surface area (Å²) in [5.41, 5.74) is -0.439. The molecule has 0 aromatic carbocycles. The molecule has 1 fully saturated rings. The molecule has 1 aliphatic heterocycles. The van der Waals surface area contributed by atoms with E-state index >= 15 is 0 Å². The molecule has 16 heavy (non-hydrogen) atoms. The van der Waals surface area contributed by atoms with Crippen LogP contribution in [-0.4, -0.2) is 47.0 Å². The highest BCUT2D eigenvalue weighted by atomic mass is 16.3. The fraction of sp³-hybridized carbons (Fsp3) is 1.00. The number of unbranched alkanes of at least 4 members (excludes halogenated alkanes) is 3.